The van der Waals surface area contributed by atoms with Gasteiger partial charge >= 0.3 is 0 Å². The van der Waals surface area contributed by atoms with Crippen LogP contribution in [0.5, 0.6) is 0 Å². The van der Waals surface area contributed by atoms with Crippen LogP contribution in [0.25, 0.3) is 16.5 Å². The lowest BCUT2D eigenvalue weighted by Gasteiger charge is -2.47. The highest BCUT2D eigenvalue weighted by Gasteiger charge is 2.48. The minimum Gasteiger partial charge on any atom is -0.448 e. The number of nitrogens with one attached hydrogen (secondary N) is 1. The van der Waals surface area contributed by atoms with Gasteiger partial charge in [0.1, 0.15) is 0 Å². The Morgan fingerprint density at radius 3 is 2.83 bits per heavy atom. The number of fused-ring (bicyclic) bond motifs is 2. The molecule has 0 amide bonds. The van der Waals surface area contributed by atoms with E-state index in [2.05, 4.69) is 75.2 Å². The highest BCUT2D eigenvalue weighted by Crippen LogP contribution is 2.57. The van der Waals surface area contributed by atoms with Gasteiger partial charge in [0.2, 0.25) is 0 Å². The third-order valence-corrected chi connectivity index (χ3v) is 6.42. The molecule has 0 saturated heterocycles. The van der Waals surface area contributed by atoms with Gasteiger partial charge in [-0.1, -0.05) is 32.1 Å². The van der Waals surface area contributed by atoms with Crippen LogP contribution in [0.15, 0.2) is 42.7 Å². The predicted molar refractivity (Wildman–Crippen MR) is 96.6 cm³/mol. The molecule has 0 unspecified atom stereocenters. The molecule has 2 aromatic rings. The van der Waals surface area contributed by atoms with E-state index >= 15 is 0 Å². The Kier molecular flexibility index (Phi) is 2.96. The molecule has 0 fully saturated rings. The number of allylic oxidation sites excluding steroid dienone is 2. The lowest BCUT2D eigenvalue weighted by Crippen LogP contribution is -2.78. The lowest BCUT2D eigenvalue weighted by molar-refractivity contribution is -0.553. The number of rotatable bonds is 2. The second-order valence-electron chi connectivity index (χ2n) is 7.90. The average Bonchev–Trinajstić information content (AvgIpc) is 2.97. The smallest absolute Gasteiger partial charge is 0.0933 e. The highest BCUT2D eigenvalue weighted by atomic mass is 14.9. The van der Waals surface area contributed by atoms with E-state index in [1.54, 1.807) is 0 Å². The fourth-order valence-electron chi connectivity index (χ4n) is 4.95. The first kappa shape index (κ1) is 14.8. The van der Waals surface area contributed by atoms with Crippen molar-refractivity contribution < 1.29 is 5.32 Å². The number of H-pyrrole nitrogens is 1. The van der Waals surface area contributed by atoms with E-state index in [9.17, 15) is 0 Å². The van der Waals surface area contributed by atoms with Crippen LogP contribution >= 0.6 is 0 Å². The molecule has 0 radical (unpaired) electrons. The summed E-state index contributed by atoms with van der Waals surface area (Å²) in [5.74, 6) is 0.539. The van der Waals surface area contributed by atoms with Gasteiger partial charge < -0.3 is 10.3 Å². The molecule has 23 heavy (non-hydrogen) atoms. The fraction of sp³-hybridized carbons (Fsp3) is 0.381. The molecular weight excluding hydrogens is 280 g/mol. The quantitative estimate of drug-likeness (QED) is 0.618. The van der Waals surface area contributed by atoms with E-state index in [1.165, 1.54) is 39.7 Å². The van der Waals surface area contributed by atoms with E-state index < -0.39 is 0 Å². The standard InChI is InChI=1S/C21H26N2/c1-6-21(4)11-10-15-18(19(21)22-5)13-12-23-16-9-7-8-14(17(13)16)20(15,2)3/h6-9,12,15,23H,1,5,10-11,22H2,2-4H3/t15-,21-/m0/s1. The lowest BCUT2D eigenvalue weighted by atomic mass is 9.57. The number of quaternary nitrogens is 1. The maximum Gasteiger partial charge on any atom is 0.0933 e. The van der Waals surface area contributed by atoms with Crippen molar-refractivity contribution >= 4 is 16.5 Å². The summed E-state index contributed by atoms with van der Waals surface area (Å²) in [6.45, 7) is 11.2. The number of hydrogen-bond donors (Lipinski definition) is 2. The molecule has 0 saturated carbocycles. The summed E-state index contributed by atoms with van der Waals surface area (Å²) < 4.78 is 0. The first-order valence-electron chi connectivity index (χ1n) is 8.55. The molecule has 1 aromatic heterocycles. The van der Waals surface area contributed by atoms with Gasteiger partial charge in [-0.25, -0.2) is 0 Å². The van der Waals surface area contributed by atoms with Gasteiger partial charge in [-0.05, 0) is 42.7 Å². The summed E-state index contributed by atoms with van der Waals surface area (Å²) in [6.07, 6.45) is 6.66. The van der Waals surface area contributed by atoms with E-state index in [4.69, 9.17) is 0 Å². The summed E-state index contributed by atoms with van der Waals surface area (Å²) in [5, 5.41) is 3.47. The van der Waals surface area contributed by atoms with Crippen LogP contribution < -0.4 is 5.32 Å². The Morgan fingerprint density at radius 2 is 2.13 bits per heavy atom. The molecular formula is C21H26N2. The molecule has 0 aliphatic heterocycles. The van der Waals surface area contributed by atoms with Gasteiger partial charge in [-0.15, -0.1) is 13.6 Å². The van der Waals surface area contributed by atoms with Crippen molar-refractivity contribution in [1.82, 2.24) is 4.98 Å². The third kappa shape index (κ3) is 1.73. The van der Waals surface area contributed by atoms with Crippen molar-refractivity contribution in [2.24, 2.45) is 11.3 Å². The largest absolute Gasteiger partial charge is 0.448 e. The summed E-state index contributed by atoms with van der Waals surface area (Å²) >= 11 is 0. The Morgan fingerprint density at radius 1 is 1.35 bits per heavy atom. The first-order valence-corrected chi connectivity index (χ1v) is 8.55. The van der Waals surface area contributed by atoms with Gasteiger partial charge in [-0.3, -0.25) is 0 Å². The van der Waals surface area contributed by atoms with Crippen LogP contribution in [0.3, 0.4) is 0 Å². The Bertz CT molecular complexity index is 837. The minimum absolute atomic E-state index is 0.0273. The third-order valence-electron chi connectivity index (χ3n) is 6.42. The van der Waals surface area contributed by atoms with E-state index in [0.29, 0.717) is 5.92 Å². The molecule has 1 heterocycles. The normalized spacial score (nSPS) is 28.8. The molecule has 3 N–H and O–H groups in total. The number of hydrogen-bond acceptors (Lipinski definition) is 0. The highest BCUT2D eigenvalue weighted by molar-refractivity contribution is 5.99. The molecule has 2 aliphatic rings. The molecule has 0 spiro atoms. The van der Waals surface area contributed by atoms with Gasteiger partial charge in [0.05, 0.1) is 11.1 Å². The molecule has 2 nitrogen and oxygen atoms in total. The second-order valence-corrected chi connectivity index (χ2v) is 7.90. The van der Waals surface area contributed by atoms with Crippen molar-refractivity contribution in [2.45, 2.75) is 39.0 Å². The maximum absolute atomic E-state index is 4.15. The Hall–Kier alpha value is -1.80. The summed E-state index contributed by atoms with van der Waals surface area (Å²) in [7, 11) is 4.15. The number of aromatic amines is 1. The summed E-state index contributed by atoms with van der Waals surface area (Å²) in [6, 6.07) is 6.67. The molecule has 4 rings (SSSR count). The summed E-state index contributed by atoms with van der Waals surface area (Å²) in [4.78, 5) is 3.49. The molecule has 2 atom stereocenters. The van der Waals surface area contributed by atoms with E-state index in [1.807, 2.05) is 0 Å². The monoisotopic (exact) mass is 306 g/mol. The van der Waals surface area contributed by atoms with Crippen molar-refractivity contribution in [3.8, 4) is 0 Å². The molecule has 120 valence electrons. The van der Waals surface area contributed by atoms with Gasteiger partial charge in [0.15, 0.2) is 0 Å². The number of benzene rings is 1. The average molecular weight is 306 g/mol. The molecule has 2 heteroatoms. The van der Waals surface area contributed by atoms with Crippen molar-refractivity contribution in [3.63, 3.8) is 0 Å². The minimum atomic E-state index is 0.0273. The maximum atomic E-state index is 4.15. The van der Waals surface area contributed by atoms with Gasteiger partial charge in [0, 0.05) is 28.2 Å². The molecule has 0 bridgehead atoms. The van der Waals surface area contributed by atoms with Gasteiger partial charge in [0.25, 0.3) is 0 Å². The fourth-order valence-corrected chi connectivity index (χ4v) is 4.95. The van der Waals surface area contributed by atoms with Crippen molar-refractivity contribution in [2.75, 3.05) is 0 Å². The van der Waals surface area contributed by atoms with Gasteiger partial charge in [-0.2, -0.15) is 0 Å². The van der Waals surface area contributed by atoms with Crippen LogP contribution in [0, 0.1) is 18.4 Å². The molecule has 2 aliphatic carbocycles. The Labute approximate surface area is 138 Å². The Balaban J connectivity index is 2.14. The zero-order chi connectivity index (χ0) is 16.4. The van der Waals surface area contributed by atoms with Crippen LogP contribution in [0.2, 0.25) is 0 Å². The van der Waals surface area contributed by atoms with Crippen molar-refractivity contribution in [3.05, 3.63) is 60.9 Å². The van der Waals surface area contributed by atoms with E-state index in [-0.39, 0.29) is 10.8 Å². The van der Waals surface area contributed by atoms with Crippen molar-refractivity contribution in [1.29, 1.82) is 0 Å². The van der Waals surface area contributed by atoms with Crippen LogP contribution in [0.1, 0.15) is 44.7 Å². The first-order chi connectivity index (χ1) is 10.9. The zero-order valence-corrected chi connectivity index (χ0v) is 14.4. The number of aromatic nitrogens is 1. The van der Waals surface area contributed by atoms with Crippen LogP contribution in [-0.4, -0.2) is 4.98 Å². The molecule has 1 aromatic carbocycles. The van der Waals surface area contributed by atoms with Crippen LogP contribution in [-0.2, 0) is 5.41 Å². The predicted octanol–water partition coefficient (Wildman–Crippen LogP) is 4.13. The SMILES string of the molecule is C=C[C@@]1(C)CC[C@H]2C(=C1[NH2+][CH2-])c1c[nH]c3cccc(c13)C2(C)C. The van der Waals surface area contributed by atoms with Crippen LogP contribution in [0.4, 0.5) is 0 Å². The second kappa shape index (κ2) is 4.61. The summed E-state index contributed by atoms with van der Waals surface area (Å²) in [5.41, 5.74) is 7.12. The zero-order valence-electron chi connectivity index (χ0n) is 14.4. The topological polar surface area (TPSA) is 32.4 Å². The van der Waals surface area contributed by atoms with E-state index in [0.717, 1.165) is 6.42 Å². The number of nitrogens with two attached hydrogens (primary N) is 1.